The van der Waals surface area contributed by atoms with Gasteiger partial charge >= 0.3 is 0 Å². The summed E-state index contributed by atoms with van der Waals surface area (Å²) in [6.45, 7) is 7.60. The second-order valence-electron chi connectivity index (χ2n) is 9.16. The Bertz CT molecular complexity index is 1160. The van der Waals surface area contributed by atoms with Crippen LogP contribution in [-0.4, -0.2) is 69.1 Å². The lowest BCUT2D eigenvalue weighted by atomic mass is 9.98. The highest BCUT2D eigenvalue weighted by Crippen LogP contribution is 2.30. The molecule has 184 valence electrons. The van der Waals surface area contributed by atoms with Crippen molar-refractivity contribution in [2.24, 2.45) is 5.92 Å². The molecule has 34 heavy (non-hydrogen) atoms. The van der Waals surface area contributed by atoms with Crippen molar-refractivity contribution in [3.63, 3.8) is 0 Å². The van der Waals surface area contributed by atoms with E-state index in [1.165, 1.54) is 16.1 Å². The number of rotatable bonds is 5. The molecule has 0 N–H and O–H groups in total. The van der Waals surface area contributed by atoms with Crippen LogP contribution in [-0.2, 0) is 10.0 Å². The zero-order valence-corrected chi connectivity index (χ0v) is 22.3. The van der Waals surface area contributed by atoms with Crippen molar-refractivity contribution < 1.29 is 13.2 Å². The maximum Gasteiger partial charge on any atom is 0.255 e. The number of hydrogen-bond donors (Lipinski definition) is 0. The van der Waals surface area contributed by atoms with Gasteiger partial charge in [-0.05, 0) is 67.8 Å². The van der Waals surface area contributed by atoms with E-state index in [-0.39, 0.29) is 10.8 Å². The molecular weight excluding hydrogens is 490 g/mol. The molecule has 0 atom stereocenters. The van der Waals surface area contributed by atoms with Crippen LogP contribution in [0.25, 0.3) is 0 Å². The number of benzene rings is 2. The van der Waals surface area contributed by atoms with Gasteiger partial charge in [0.05, 0.1) is 10.5 Å². The standard InChI is InChI=1S/C25H32ClN3O3S2/c1-18-8-10-28(11-9-18)25(30)22-17-21(6-7-24(22)33-3)34(31,32)29-14-12-27(13-15-29)23-16-20(26)5-4-19(23)2/h4-7,16-18H,8-15H2,1-3H3. The minimum absolute atomic E-state index is 0.0745. The van der Waals surface area contributed by atoms with E-state index in [2.05, 4.69) is 11.8 Å². The third kappa shape index (κ3) is 5.25. The third-order valence-electron chi connectivity index (χ3n) is 6.86. The summed E-state index contributed by atoms with van der Waals surface area (Å²) in [5, 5.41) is 0.671. The summed E-state index contributed by atoms with van der Waals surface area (Å²) in [6.07, 6.45) is 3.87. The quantitative estimate of drug-likeness (QED) is 0.531. The number of amides is 1. The summed E-state index contributed by atoms with van der Waals surface area (Å²) < 4.78 is 28.5. The van der Waals surface area contributed by atoms with Crippen molar-refractivity contribution in [1.82, 2.24) is 9.21 Å². The molecule has 0 saturated carbocycles. The maximum atomic E-state index is 13.5. The molecule has 2 saturated heterocycles. The van der Waals surface area contributed by atoms with Crippen LogP contribution >= 0.6 is 23.4 Å². The lowest BCUT2D eigenvalue weighted by Crippen LogP contribution is -2.48. The Hall–Kier alpha value is -1.74. The van der Waals surface area contributed by atoms with Crippen molar-refractivity contribution in [3.8, 4) is 0 Å². The lowest BCUT2D eigenvalue weighted by molar-refractivity contribution is 0.0693. The number of carbonyl (C=O) groups excluding carboxylic acids is 1. The minimum Gasteiger partial charge on any atom is -0.369 e. The maximum absolute atomic E-state index is 13.5. The van der Waals surface area contributed by atoms with E-state index in [1.54, 1.807) is 18.2 Å². The highest BCUT2D eigenvalue weighted by atomic mass is 35.5. The number of halogens is 1. The van der Waals surface area contributed by atoms with E-state index < -0.39 is 10.0 Å². The van der Waals surface area contributed by atoms with Gasteiger partial charge in [-0.3, -0.25) is 4.79 Å². The molecule has 2 heterocycles. The van der Waals surface area contributed by atoms with Crippen LogP contribution in [0.5, 0.6) is 0 Å². The van der Waals surface area contributed by atoms with E-state index >= 15 is 0 Å². The van der Waals surface area contributed by atoms with Crippen LogP contribution in [0.3, 0.4) is 0 Å². The minimum atomic E-state index is -3.71. The van der Waals surface area contributed by atoms with Crippen LogP contribution in [0.4, 0.5) is 5.69 Å². The van der Waals surface area contributed by atoms with E-state index in [0.717, 1.165) is 42.1 Å². The first-order valence-corrected chi connectivity index (χ1v) is 14.7. The van der Waals surface area contributed by atoms with Crippen LogP contribution < -0.4 is 4.90 Å². The van der Waals surface area contributed by atoms with Crippen molar-refractivity contribution in [2.75, 3.05) is 50.4 Å². The predicted molar refractivity (Wildman–Crippen MR) is 140 cm³/mol. The molecule has 2 fully saturated rings. The number of sulfonamides is 1. The highest BCUT2D eigenvalue weighted by molar-refractivity contribution is 7.98. The molecule has 2 aromatic rings. The van der Waals surface area contributed by atoms with Crippen molar-refractivity contribution in [2.45, 2.75) is 36.5 Å². The first-order chi connectivity index (χ1) is 16.2. The molecule has 0 bridgehead atoms. The van der Waals surface area contributed by atoms with Crippen LogP contribution in [0.15, 0.2) is 46.2 Å². The third-order valence-corrected chi connectivity index (χ3v) is 9.79. The highest BCUT2D eigenvalue weighted by Gasteiger charge is 2.31. The summed E-state index contributed by atoms with van der Waals surface area (Å²) in [7, 11) is -3.71. The predicted octanol–water partition coefficient (Wildman–Crippen LogP) is 4.75. The van der Waals surface area contributed by atoms with Gasteiger partial charge in [-0.15, -0.1) is 11.8 Å². The largest absolute Gasteiger partial charge is 0.369 e. The average Bonchev–Trinajstić information content (AvgIpc) is 2.85. The number of thioether (sulfide) groups is 1. The molecule has 9 heteroatoms. The molecule has 6 nitrogen and oxygen atoms in total. The first kappa shape index (κ1) is 25.4. The first-order valence-electron chi connectivity index (χ1n) is 11.7. The number of nitrogens with zero attached hydrogens (tertiary/aromatic N) is 3. The Morgan fingerprint density at radius 1 is 1.00 bits per heavy atom. The number of anilines is 1. The SMILES string of the molecule is CSc1ccc(S(=O)(=O)N2CCN(c3cc(Cl)ccc3C)CC2)cc1C(=O)N1CCC(C)CC1. The lowest BCUT2D eigenvalue weighted by Gasteiger charge is -2.36. The van der Waals surface area contributed by atoms with E-state index in [0.29, 0.717) is 42.7 Å². The number of hydrogen-bond acceptors (Lipinski definition) is 5. The molecule has 0 aromatic heterocycles. The molecule has 1 amide bonds. The number of likely N-dealkylation sites (tertiary alicyclic amines) is 1. The molecule has 2 aliphatic heterocycles. The van der Waals surface area contributed by atoms with E-state index in [9.17, 15) is 13.2 Å². The normalized spacial score (nSPS) is 18.4. The fourth-order valence-electron chi connectivity index (χ4n) is 4.64. The second-order valence-corrected chi connectivity index (χ2v) is 12.4. The zero-order valence-electron chi connectivity index (χ0n) is 20.0. The molecule has 4 rings (SSSR count). The molecule has 2 aliphatic rings. The van der Waals surface area contributed by atoms with Crippen LogP contribution in [0, 0.1) is 12.8 Å². The van der Waals surface area contributed by atoms with Crippen LogP contribution in [0.2, 0.25) is 5.02 Å². The monoisotopic (exact) mass is 521 g/mol. The fourth-order valence-corrected chi connectivity index (χ4v) is 6.82. The fraction of sp³-hybridized carbons (Fsp3) is 0.480. The Kier molecular flexibility index (Phi) is 7.82. The molecular formula is C25H32ClN3O3S2. The topological polar surface area (TPSA) is 60.9 Å². The summed E-state index contributed by atoms with van der Waals surface area (Å²) in [5.74, 6) is 0.541. The Labute approximate surface area is 212 Å². The molecule has 0 spiro atoms. The summed E-state index contributed by atoms with van der Waals surface area (Å²) in [4.78, 5) is 18.3. The van der Waals surface area contributed by atoms with Gasteiger partial charge in [-0.2, -0.15) is 4.31 Å². The van der Waals surface area contributed by atoms with Crippen molar-refractivity contribution in [1.29, 1.82) is 0 Å². The number of piperazine rings is 1. The molecule has 2 aromatic carbocycles. The summed E-state index contributed by atoms with van der Waals surface area (Å²) in [5.41, 5.74) is 2.64. The van der Waals surface area contributed by atoms with Crippen molar-refractivity contribution in [3.05, 3.63) is 52.5 Å². The molecule has 0 unspecified atom stereocenters. The van der Waals surface area contributed by atoms with Gasteiger partial charge in [-0.1, -0.05) is 24.6 Å². The zero-order chi connectivity index (χ0) is 24.5. The van der Waals surface area contributed by atoms with E-state index in [1.807, 2.05) is 36.3 Å². The smallest absolute Gasteiger partial charge is 0.255 e. The van der Waals surface area contributed by atoms with Gasteiger partial charge in [0, 0.05) is 54.9 Å². The van der Waals surface area contributed by atoms with Gasteiger partial charge < -0.3 is 9.80 Å². The number of piperidine rings is 1. The number of carbonyl (C=O) groups is 1. The van der Waals surface area contributed by atoms with Crippen molar-refractivity contribution >= 4 is 45.0 Å². The van der Waals surface area contributed by atoms with Gasteiger partial charge in [0.2, 0.25) is 10.0 Å². The second kappa shape index (κ2) is 10.5. The average molecular weight is 522 g/mol. The summed E-state index contributed by atoms with van der Waals surface area (Å²) in [6, 6.07) is 10.8. The number of aryl methyl sites for hydroxylation is 1. The van der Waals surface area contributed by atoms with Gasteiger partial charge in [-0.25, -0.2) is 8.42 Å². The van der Waals surface area contributed by atoms with Crippen LogP contribution in [0.1, 0.15) is 35.7 Å². The van der Waals surface area contributed by atoms with Gasteiger partial charge in [0.15, 0.2) is 0 Å². The Morgan fingerprint density at radius 2 is 1.68 bits per heavy atom. The molecule has 0 radical (unpaired) electrons. The van der Waals surface area contributed by atoms with E-state index in [4.69, 9.17) is 11.6 Å². The van der Waals surface area contributed by atoms with Gasteiger partial charge in [0.25, 0.3) is 5.91 Å². The Balaban J connectivity index is 1.53. The summed E-state index contributed by atoms with van der Waals surface area (Å²) >= 11 is 7.65. The van der Waals surface area contributed by atoms with Gasteiger partial charge in [0.1, 0.15) is 0 Å². The Morgan fingerprint density at radius 3 is 2.32 bits per heavy atom. The molecule has 0 aliphatic carbocycles.